The topological polar surface area (TPSA) is 127 Å². The number of anilines is 1. The van der Waals surface area contributed by atoms with E-state index in [2.05, 4.69) is 10.4 Å². The highest BCUT2D eigenvalue weighted by Crippen LogP contribution is 2.38. The Morgan fingerprint density at radius 3 is 2.42 bits per heavy atom. The summed E-state index contributed by atoms with van der Waals surface area (Å²) in [4.78, 5) is 25.2. The average molecular weight is 550 g/mol. The number of nitrogens with two attached hydrogens (primary N) is 1. The van der Waals surface area contributed by atoms with E-state index in [0.29, 0.717) is 46.1 Å². The number of hydrogen-bond acceptors (Lipinski definition) is 5. The van der Waals surface area contributed by atoms with E-state index in [1.165, 1.54) is 26.2 Å². The average Bonchev–Trinajstić information content (AvgIpc) is 3.29. The van der Waals surface area contributed by atoms with Gasteiger partial charge in [0.2, 0.25) is 10.0 Å². The van der Waals surface area contributed by atoms with Gasteiger partial charge in [-0.2, -0.15) is 5.10 Å². The van der Waals surface area contributed by atoms with Crippen LogP contribution >= 0.6 is 11.6 Å². The molecule has 11 heteroatoms. The molecule has 0 unspecified atom stereocenters. The number of carbonyl (C=O) groups is 2. The van der Waals surface area contributed by atoms with Gasteiger partial charge in [0.05, 0.1) is 16.3 Å². The number of sulfonamides is 1. The smallest absolute Gasteiger partial charge is 0.269 e. The fourth-order valence-corrected chi connectivity index (χ4v) is 5.60. The maximum atomic E-state index is 12.8. The van der Waals surface area contributed by atoms with Gasteiger partial charge in [-0.25, -0.2) is 17.4 Å². The van der Waals surface area contributed by atoms with Crippen LogP contribution in [-0.4, -0.2) is 48.4 Å². The lowest BCUT2D eigenvalue weighted by Gasteiger charge is -2.20. The zero-order valence-corrected chi connectivity index (χ0v) is 22.2. The van der Waals surface area contributed by atoms with E-state index in [4.69, 9.17) is 17.3 Å². The van der Waals surface area contributed by atoms with Gasteiger partial charge in [-0.05, 0) is 73.0 Å². The minimum atomic E-state index is -3.61. The first-order valence-corrected chi connectivity index (χ1v) is 13.5. The third-order valence-corrected chi connectivity index (χ3v) is 8.50. The van der Waals surface area contributed by atoms with E-state index in [1.807, 2.05) is 18.2 Å². The van der Waals surface area contributed by atoms with Gasteiger partial charge >= 0.3 is 0 Å². The normalized spacial score (nSPS) is 12.6. The lowest BCUT2D eigenvalue weighted by Crippen LogP contribution is -2.22. The van der Waals surface area contributed by atoms with E-state index >= 15 is 0 Å². The number of carbonyl (C=O) groups excluding carboxylic acids is 2. The van der Waals surface area contributed by atoms with Crippen LogP contribution in [0.4, 0.5) is 5.69 Å². The van der Waals surface area contributed by atoms with Gasteiger partial charge in [0.25, 0.3) is 11.8 Å². The molecular formula is C27H24ClN5O4S. The number of nitrogens with one attached hydrogen (secondary N) is 1. The van der Waals surface area contributed by atoms with Crippen LogP contribution in [0.5, 0.6) is 0 Å². The van der Waals surface area contributed by atoms with Crippen molar-refractivity contribution in [1.82, 2.24) is 14.1 Å². The summed E-state index contributed by atoms with van der Waals surface area (Å²) in [6.07, 6.45) is 1.22. The Bertz CT molecular complexity index is 1700. The van der Waals surface area contributed by atoms with Crippen molar-refractivity contribution >= 4 is 39.1 Å². The first-order valence-electron chi connectivity index (χ1n) is 11.7. The van der Waals surface area contributed by atoms with Gasteiger partial charge in [0.15, 0.2) is 5.69 Å². The Hall–Kier alpha value is -3.99. The molecule has 0 saturated heterocycles. The van der Waals surface area contributed by atoms with E-state index in [1.54, 1.807) is 41.1 Å². The highest BCUT2D eigenvalue weighted by Gasteiger charge is 2.29. The highest BCUT2D eigenvalue weighted by atomic mass is 35.5. The van der Waals surface area contributed by atoms with Gasteiger partial charge in [-0.3, -0.25) is 9.59 Å². The summed E-state index contributed by atoms with van der Waals surface area (Å²) in [5.41, 5.74) is 10.5. The number of fused-ring (bicyclic) bond motifs is 3. The number of benzene rings is 3. The van der Waals surface area contributed by atoms with Crippen molar-refractivity contribution in [3.8, 4) is 16.9 Å². The second-order valence-corrected chi connectivity index (χ2v) is 11.7. The first-order chi connectivity index (χ1) is 18.1. The van der Waals surface area contributed by atoms with Crippen molar-refractivity contribution in [2.75, 3.05) is 19.4 Å². The van der Waals surface area contributed by atoms with Crippen LogP contribution in [-0.2, 0) is 22.9 Å². The molecule has 1 aliphatic carbocycles. The number of aryl methyl sites for hydroxylation is 1. The van der Waals surface area contributed by atoms with Crippen molar-refractivity contribution in [1.29, 1.82) is 0 Å². The molecule has 0 saturated carbocycles. The summed E-state index contributed by atoms with van der Waals surface area (Å²) < 4.78 is 27.8. The second-order valence-electron chi connectivity index (χ2n) is 9.07. The molecule has 4 aromatic rings. The molecule has 1 aliphatic rings. The van der Waals surface area contributed by atoms with Crippen LogP contribution in [0.15, 0.2) is 71.6 Å². The second kappa shape index (κ2) is 9.71. The molecule has 194 valence electrons. The lowest BCUT2D eigenvalue weighted by molar-refractivity contribution is 0.0992. The molecule has 0 bridgehead atoms. The van der Waals surface area contributed by atoms with E-state index in [0.717, 1.165) is 15.4 Å². The number of aromatic nitrogens is 2. The summed E-state index contributed by atoms with van der Waals surface area (Å²) in [7, 11) is -0.683. The van der Waals surface area contributed by atoms with Crippen LogP contribution in [0.3, 0.4) is 0 Å². The fraction of sp³-hybridized carbons (Fsp3) is 0.148. The molecule has 38 heavy (non-hydrogen) atoms. The number of halogens is 1. The molecule has 0 aliphatic heterocycles. The van der Waals surface area contributed by atoms with Crippen molar-refractivity contribution in [2.45, 2.75) is 17.7 Å². The Morgan fingerprint density at radius 2 is 1.76 bits per heavy atom. The zero-order chi connectivity index (χ0) is 27.2. The van der Waals surface area contributed by atoms with Crippen LogP contribution in [0, 0.1) is 0 Å². The summed E-state index contributed by atoms with van der Waals surface area (Å²) in [6, 6.07) is 18.5. The van der Waals surface area contributed by atoms with Crippen molar-refractivity contribution in [2.24, 2.45) is 5.73 Å². The number of nitrogens with zero attached hydrogens (tertiary/aromatic N) is 3. The summed E-state index contributed by atoms with van der Waals surface area (Å²) >= 11 is 6.03. The molecule has 3 N–H and O–H groups in total. The number of rotatable bonds is 6. The predicted octanol–water partition coefficient (Wildman–Crippen LogP) is 3.89. The van der Waals surface area contributed by atoms with E-state index < -0.39 is 15.9 Å². The highest BCUT2D eigenvalue weighted by molar-refractivity contribution is 7.89. The minimum absolute atomic E-state index is 0.133. The maximum Gasteiger partial charge on any atom is 0.269 e. The fourth-order valence-electron chi connectivity index (χ4n) is 4.50. The largest absolute Gasteiger partial charge is 0.364 e. The third kappa shape index (κ3) is 4.58. The molecule has 1 aromatic heterocycles. The molecule has 0 atom stereocenters. The number of hydrogen-bond donors (Lipinski definition) is 2. The van der Waals surface area contributed by atoms with Crippen molar-refractivity contribution in [3.63, 3.8) is 0 Å². The predicted molar refractivity (Wildman–Crippen MR) is 145 cm³/mol. The van der Waals surface area contributed by atoms with Crippen LogP contribution in [0.1, 0.15) is 32.0 Å². The molecule has 1 heterocycles. The molecule has 0 spiro atoms. The van der Waals surface area contributed by atoms with Gasteiger partial charge in [-0.1, -0.05) is 23.7 Å². The Balaban J connectivity index is 1.59. The lowest BCUT2D eigenvalue weighted by atomic mass is 9.88. The summed E-state index contributed by atoms with van der Waals surface area (Å²) in [5, 5.41) is 7.87. The monoisotopic (exact) mass is 549 g/mol. The Labute approximate surface area is 224 Å². The van der Waals surface area contributed by atoms with Gasteiger partial charge in [0.1, 0.15) is 0 Å². The van der Waals surface area contributed by atoms with Crippen LogP contribution < -0.4 is 11.1 Å². The molecule has 0 radical (unpaired) electrons. The molecule has 2 amide bonds. The molecule has 3 aromatic carbocycles. The summed E-state index contributed by atoms with van der Waals surface area (Å²) in [6.45, 7) is 0. The van der Waals surface area contributed by atoms with Crippen LogP contribution in [0.25, 0.3) is 16.9 Å². The quantitative estimate of drug-likeness (QED) is 0.377. The maximum absolute atomic E-state index is 12.8. The van der Waals surface area contributed by atoms with E-state index in [-0.39, 0.29) is 16.5 Å². The Kier molecular flexibility index (Phi) is 6.56. The third-order valence-electron chi connectivity index (χ3n) is 6.43. The number of amides is 2. The Morgan fingerprint density at radius 1 is 1.03 bits per heavy atom. The first kappa shape index (κ1) is 25.7. The van der Waals surface area contributed by atoms with Crippen molar-refractivity contribution < 1.29 is 18.0 Å². The van der Waals surface area contributed by atoms with E-state index in [9.17, 15) is 18.0 Å². The SMILES string of the molecule is CN(C)S(=O)(=O)c1ccc(-n2nc(C(N)=O)c3c2-c2cc(NC(=O)c4cccc(Cl)c4)ccc2CC3)cc1. The zero-order valence-electron chi connectivity index (χ0n) is 20.6. The molecule has 0 fully saturated rings. The molecule has 5 rings (SSSR count). The molecule has 9 nitrogen and oxygen atoms in total. The minimum Gasteiger partial charge on any atom is -0.364 e. The summed E-state index contributed by atoms with van der Waals surface area (Å²) in [5.74, 6) is -0.965. The van der Waals surface area contributed by atoms with Crippen molar-refractivity contribution in [3.05, 3.63) is 94.1 Å². The molecular weight excluding hydrogens is 526 g/mol. The van der Waals surface area contributed by atoms with Gasteiger partial charge in [0, 0.05) is 41.5 Å². The number of primary amides is 1. The van der Waals surface area contributed by atoms with Crippen LogP contribution in [0.2, 0.25) is 5.02 Å². The van der Waals surface area contributed by atoms with Gasteiger partial charge < -0.3 is 11.1 Å². The van der Waals surface area contributed by atoms with Gasteiger partial charge in [-0.15, -0.1) is 0 Å². The standard InChI is InChI=1S/C27H24ClN5O4S/c1-32(2)38(36,37)21-11-9-20(10-12-21)33-25-22(24(31-33)26(29)34)13-7-16-6-8-19(15-23(16)25)30-27(35)17-4-3-5-18(28)14-17/h3-6,8-12,14-15H,7,13H2,1-2H3,(H2,29,34)(H,30,35).